The van der Waals surface area contributed by atoms with Gasteiger partial charge in [0.05, 0.1) is 13.2 Å². The fourth-order valence-corrected chi connectivity index (χ4v) is 3.06. The number of rotatable bonds is 7. The summed E-state index contributed by atoms with van der Waals surface area (Å²) in [6, 6.07) is 16.6. The lowest BCUT2D eigenvalue weighted by atomic mass is 10.1. The molecule has 126 valence electrons. The van der Waals surface area contributed by atoms with Crippen molar-refractivity contribution >= 4 is 5.97 Å². The topological polar surface area (TPSA) is 47.6 Å². The smallest absolute Gasteiger partial charge is 0.319 e. The van der Waals surface area contributed by atoms with Crippen LogP contribution < -0.4 is 10.1 Å². The first-order valence-corrected chi connectivity index (χ1v) is 8.45. The maximum absolute atomic E-state index is 11.5. The van der Waals surface area contributed by atoms with Gasteiger partial charge in [0, 0.05) is 6.04 Å². The van der Waals surface area contributed by atoms with E-state index in [0.717, 1.165) is 24.2 Å². The summed E-state index contributed by atoms with van der Waals surface area (Å²) in [6.45, 7) is 3.07. The van der Waals surface area contributed by atoms with Crippen LogP contribution in [-0.4, -0.2) is 19.1 Å². The van der Waals surface area contributed by atoms with Crippen molar-refractivity contribution in [2.24, 2.45) is 0 Å². The molecule has 0 amide bonds. The molecule has 0 bridgehead atoms. The summed E-state index contributed by atoms with van der Waals surface area (Å²) < 4.78 is 10.8. The quantitative estimate of drug-likeness (QED) is 0.793. The van der Waals surface area contributed by atoms with Gasteiger partial charge in [0.1, 0.15) is 12.4 Å². The molecule has 4 nitrogen and oxygen atoms in total. The summed E-state index contributed by atoms with van der Waals surface area (Å²) in [7, 11) is 0. The van der Waals surface area contributed by atoms with Crippen molar-refractivity contribution in [2.75, 3.05) is 13.2 Å². The number of fused-ring (bicyclic) bond motifs is 1. The summed E-state index contributed by atoms with van der Waals surface area (Å²) in [6.07, 6.45) is 2.00. The molecule has 0 saturated carbocycles. The SMILES string of the molecule is CCOC(=O)CNC1CCc2cc(OCc3ccccc3)ccc21. The van der Waals surface area contributed by atoms with Crippen LogP contribution >= 0.6 is 0 Å². The number of ether oxygens (including phenoxy) is 2. The van der Waals surface area contributed by atoms with E-state index in [2.05, 4.69) is 29.6 Å². The van der Waals surface area contributed by atoms with Gasteiger partial charge in [-0.05, 0) is 48.6 Å². The maximum atomic E-state index is 11.5. The molecule has 1 aliphatic rings. The monoisotopic (exact) mass is 325 g/mol. The van der Waals surface area contributed by atoms with E-state index in [0.29, 0.717) is 13.2 Å². The average molecular weight is 325 g/mol. The van der Waals surface area contributed by atoms with Crippen molar-refractivity contribution in [1.82, 2.24) is 5.32 Å². The summed E-state index contributed by atoms with van der Waals surface area (Å²) in [5.74, 6) is 0.692. The molecule has 4 heteroatoms. The number of benzene rings is 2. The third-order valence-electron chi connectivity index (χ3n) is 4.24. The average Bonchev–Trinajstić information content (AvgIpc) is 3.02. The normalized spacial score (nSPS) is 15.8. The molecule has 2 aromatic rings. The Kier molecular flexibility index (Phi) is 5.49. The molecular weight excluding hydrogens is 302 g/mol. The summed E-state index contributed by atoms with van der Waals surface area (Å²) in [5.41, 5.74) is 3.71. The van der Waals surface area contributed by atoms with Crippen molar-refractivity contribution < 1.29 is 14.3 Å². The highest BCUT2D eigenvalue weighted by Crippen LogP contribution is 2.33. The lowest BCUT2D eigenvalue weighted by Crippen LogP contribution is -2.27. The van der Waals surface area contributed by atoms with Gasteiger partial charge in [-0.1, -0.05) is 36.4 Å². The second-order valence-corrected chi connectivity index (χ2v) is 5.91. The Morgan fingerprint density at radius 2 is 2.04 bits per heavy atom. The second kappa shape index (κ2) is 7.97. The number of hydrogen-bond acceptors (Lipinski definition) is 4. The van der Waals surface area contributed by atoms with Gasteiger partial charge in [0.15, 0.2) is 0 Å². The third kappa shape index (κ3) is 4.15. The number of esters is 1. The van der Waals surface area contributed by atoms with Crippen LogP contribution in [0.25, 0.3) is 0 Å². The van der Waals surface area contributed by atoms with Gasteiger partial charge in [0.2, 0.25) is 0 Å². The van der Waals surface area contributed by atoms with Crippen molar-refractivity contribution in [2.45, 2.75) is 32.4 Å². The van der Waals surface area contributed by atoms with Gasteiger partial charge in [-0.25, -0.2) is 0 Å². The van der Waals surface area contributed by atoms with Crippen LogP contribution in [0.4, 0.5) is 0 Å². The fourth-order valence-electron chi connectivity index (χ4n) is 3.06. The molecule has 0 heterocycles. The van der Waals surface area contributed by atoms with Crippen LogP contribution in [-0.2, 0) is 22.6 Å². The second-order valence-electron chi connectivity index (χ2n) is 5.91. The van der Waals surface area contributed by atoms with Crippen molar-refractivity contribution in [3.63, 3.8) is 0 Å². The van der Waals surface area contributed by atoms with Gasteiger partial charge in [-0.2, -0.15) is 0 Å². The molecular formula is C20H23NO3. The van der Waals surface area contributed by atoms with Crippen LogP contribution in [0.15, 0.2) is 48.5 Å². The van der Waals surface area contributed by atoms with Crippen molar-refractivity contribution in [1.29, 1.82) is 0 Å². The zero-order chi connectivity index (χ0) is 16.8. The largest absolute Gasteiger partial charge is 0.489 e. The van der Waals surface area contributed by atoms with Gasteiger partial charge in [-0.15, -0.1) is 0 Å². The molecule has 2 aromatic carbocycles. The molecule has 0 fully saturated rings. The van der Waals surface area contributed by atoms with Gasteiger partial charge in [-0.3, -0.25) is 4.79 Å². The fraction of sp³-hybridized carbons (Fsp3) is 0.350. The molecule has 0 radical (unpaired) electrons. The highest BCUT2D eigenvalue weighted by atomic mass is 16.5. The van der Waals surface area contributed by atoms with E-state index in [1.165, 1.54) is 11.1 Å². The van der Waals surface area contributed by atoms with Crippen LogP contribution in [0.5, 0.6) is 5.75 Å². The Morgan fingerprint density at radius 1 is 1.21 bits per heavy atom. The van der Waals surface area contributed by atoms with Crippen molar-refractivity contribution in [3.8, 4) is 5.75 Å². The first kappa shape index (κ1) is 16.5. The first-order valence-electron chi connectivity index (χ1n) is 8.45. The lowest BCUT2D eigenvalue weighted by Gasteiger charge is -2.14. The zero-order valence-electron chi connectivity index (χ0n) is 14.0. The Morgan fingerprint density at radius 3 is 2.83 bits per heavy atom. The number of hydrogen-bond donors (Lipinski definition) is 1. The molecule has 1 N–H and O–H groups in total. The van der Waals surface area contributed by atoms with Crippen LogP contribution in [0.3, 0.4) is 0 Å². The Bertz CT molecular complexity index is 685. The predicted octanol–water partition coefficient (Wildman–Crippen LogP) is 3.41. The predicted molar refractivity (Wildman–Crippen MR) is 92.9 cm³/mol. The van der Waals surface area contributed by atoms with E-state index >= 15 is 0 Å². The highest BCUT2D eigenvalue weighted by molar-refractivity contribution is 5.71. The molecule has 1 aliphatic carbocycles. The third-order valence-corrected chi connectivity index (χ3v) is 4.24. The standard InChI is InChI=1S/C20H23NO3/c1-2-23-20(22)13-21-19-11-8-16-12-17(9-10-18(16)19)24-14-15-6-4-3-5-7-15/h3-7,9-10,12,19,21H,2,8,11,13-14H2,1H3. The van der Waals surface area contributed by atoms with Gasteiger partial charge >= 0.3 is 5.97 Å². The molecule has 3 rings (SSSR count). The molecule has 1 atom stereocenters. The number of aryl methyl sites for hydroxylation is 1. The number of carbonyl (C=O) groups is 1. The summed E-state index contributed by atoms with van der Waals surface area (Å²) in [4.78, 5) is 11.5. The molecule has 0 aliphatic heterocycles. The van der Waals surface area contributed by atoms with Crippen LogP contribution in [0.2, 0.25) is 0 Å². The van der Waals surface area contributed by atoms with Crippen LogP contribution in [0.1, 0.15) is 36.1 Å². The number of nitrogens with one attached hydrogen (secondary N) is 1. The molecule has 0 spiro atoms. The van der Waals surface area contributed by atoms with Crippen LogP contribution in [0, 0.1) is 0 Å². The minimum absolute atomic E-state index is 0.200. The van der Waals surface area contributed by atoms with E-state index in [4.69, 9.17) is 9.47 Å². The first-order chi connectivity index (χ1) is 11.8. The van der Waals surface area contributed by atoms with E-state index in [1.54, 1.807) is 0 Å². The van der Waals surface area contributed by atoms with Gasteiger partial charge < -0.3 is 14.8 Å². The zero-order valence-corrected chi connectivity index (χ0v) is 14.0. The molecule has 0 aromatic heterocycles. The van der Waals surface area contributed by atoms with Crippen molar-refractivity contribution in [3.05, 3.63) is 65.2 Å². The van der Waals surface area contributed by atoms with E-state index in [1.807, 2.05) is 31.2 Å². The summed E-state index contributed by atoms with van der Waals surface area (Å²) >= 11 is 0. The summed E-state index contributed by atoms with van der Waals surface area (Å²) in [5, 5.41) is 3.28. The Labute approximate surface area is 142 Å². The van der Waals surface area contributed by atoms with E-state index < -0.39 is 0 Å². The Balaban J connectivity index is 1.57. The highest BCUT2D eigenvalue weighted by Gasteiger charge is 2.23. The van der Waals surface area contributed by atoms with Gasteiger partial charge in [0.25, 0.3) is 0 Å². The van der Waals surface area contributed by atoms with E-state index in [9.17, 15) is 4.79 Å². The molecule has 24 heavy (non-hydrogen) atoms. The van der Waals surface area contributed by atoms with E-state index in [-0.39, 0.29) is 18.6 Å². The maximum Gasteiger partial charge on any atom is 0.319 e. The molecule has 1 unspecified atom stereocenters. The number of carbonyl (C=O) groups excluding carboxylic acids is 1. The lowest BCUT2D eigenvalue weighted by molar-refractivity contribution is -0.142. The minimum Gasteiger partial charge on any atom is -0.489 e. The Hall–Kier alpha value is -2.33. The minimum atomic E-state index is -0.200. The molecule has 0 saturated heterocycles.